The van der Waals surface area contributed by atoms with E-state index >= 15 is 0 Å². The van der Waals surface area contributed by atoms with Gasteiger partial charge in [-0.15, -0.1) is 10.2 Å². The van der Waals surface area contributed by atoms with E-state index in [4.69, 9.17) is 10.5 Å². The van der Waals surface area contributed by atoms with Crippen molar-refractivity contribution in [1.29, 1.82) is 0 Å². The summed E-state index contributed by atoms with van der Waals surface area (Å²) in [6.45, 7) is 3.88. The fourth-order valence-corrected chi connectivity index (χ4v) is 4.07. The lowest BCUT2D eigenvalue weighted by Crippen LogP contribution is -2.14. The smallest absolute Gasteiger partial charge is 0.227 e. The van der Waals surface area contributed by atoms with E-state index in [2.05, 4.69) is 20.2 Å². The molecule has 0 unspecified atom stereocenters. The molecule has 0 saturated carbocycles. The van der Waals surface area contributed by atoms with Crippen LogP contribution < -0.4 is 10.5 Å². The fourth-order valence-electron chi connectivity index (χ4n) is 2.50. The normalized spacial score (nSPS) is 10.8. The third kappa shape index (κ3) is 5.02. The first-order valence-electron chi connectivity index (χ1n) is 8.41. The van der Waals surface area contributed by atoms with Gasteiger partial charge < -0.3 is 10.5 Å². The molecule has 0 atom stereocenters. The molecule has 0 radical (unpaired) electrons. The number of thioether (sulfide) groups is 2. The van der Waals surface area contributed by atoms with Crippen LogP contribution in [0.1, 0.15) is 17.2 Å². The zero-order chi connectivity index (χ0) is 20.1. The van der Waals surface area contributed by atoms with Crippen LogP contribution in [0, 0.1) is 13.8 Å². The van der Waals surface area contributed by atoms with Crippen molar-refractivity contribution in [1.82, 2.24) is 24.7 Å². The highest BCUT2D eigenvalue weighted by Crippen LogP contribution is 2.27. The summed E-state index contributed by atoms with van der Waals surface area (Å²) in [4.78, 5) is 20.1. The van der Waals surface area contributed by atoms with Crippen LogP contribution in [0.4, 0.5) is 0 Å². The number of carbonyl (C=O) groups excluding carboxylic acids is 1. The van der Waals surface area contributed by atoms with Gasteiger partial charge in [-0.05, 0) is 44.2 Å². The Morgan fingerprint density at radius 1 is 1.11 bits per heavy atom. The second-order valence-electron chi connectivity index (χ2n) is 5.91. The molecule has 0 saturated heterocycles. The quantitative estimate of drug-likeness (QED) is 0.441. The number of methoxy groups -OCH3 is 1. The van der Waals surface area contributed by atoms with Gasteiger partial charge in [0.2, 0.25) is 5.91 Å². The molecular weight excluding hydrogens is 396 g/mol. The van der Waals surface area contributed by atoms with Crippen molar-refractivity contribution in [3.63, 3.8) is 0 Å². The van der Waals surface area contributed by atoms with Gasteiger partial charge in [0, 0.05) is 17.1 Å². The molecule has 28 heavy (non-hydrogen) atoms. The highest BCUT2D eigenvalue weighted by Gasteiger charge is 2.16. The van der Waals surface area contributed by atoms with E-state index in [0.717, 1.165) is 28.6 Å². The molecule has 10 heteroatoms. The van der Waals surface area contributed by atoms with Crippen LogP contribution in [0.5, 0.6) is 5.75 Å². The van der Waals surface area contributed by atoms with Crippen molar-refractivity contribution < 1.29 is 9.53 Å². The molecule has 1 amide bonds. The summed E-state index contributed by atoms with van der Waals surface area (Å²) in [7, 11) is 1.62. The molecule has 146 valence electrons. The second-order valence-corrected chi connectivity index (χ2v) is 7.79. The zero-order valence-corrected chi connectivity index (χ0v) is 17.4. The number of nitrogens with two attached hydrogens (primary N) is 1. The van der Waals surface area contributed by atoms with E-state index in [1.807, 2.05) is 48.7 Å². The highest BCUT2D eigenvalue weighted by molar-refractivity contribution is 7.99. The van der Waals surface area contributed by atoms with Gasteiger partial charge in [0.1, 0.15) is 11.6 Å². The number of ether oxygens (including phenoxy) is 1. The zero-order valence-electron chi connectivity index (χ0n) is 15.7. The lowest BCUT2D eigenvalue weighted by molar-refractivity contribution is -0.115. The number of carbonyl (C=O) groups is 1. The Bertz CT molecular complexity index is 954. The number of rotatable bonds is 8. The van der Waals surface area contributed by atoms with Crippen LogP contribution >= 0.6 is 23.5 Å². The molecule has 8 nitrogen and oxygen atoms in total. The third-order valence-electron chi connectivity index (χ3n) is 3.67. The molecule has 1 aromatic carbocycles. The van der Waals surface area contributed by atoms with Gasteiger partial charge in [-0.1, -0.05) is 23.5 Å². The van der Waals surface area contributed by atoms with Crippen molar-refractivity contribution in [3.8, 4) is 11.4 Å². The Morgan fingerprint density at radius 3 is 2.39 bits per heavy atom. The predicted molar refractivity (Wildman–Crippen MR) is 109 cm³/mol. The summed E-state index contributed by atoms with van der Waals surface area (Å²) >= 11 is 2.74. The van der Waals surface area contributed by atoms with Crippen molar-refractivity contribution >= 4 is 29.4 Å². The Kier molecular flexibility index (Phi) is 6.53. The molecule has 0 aliphatic heterocycles. The summed E-state index contributed by atoms with van der Waals surface area (Å²) in [5, 5.41) is 9.83. The summed E-state index contributed by atoms with van der Waals surface area (Å²) in [6.07, 6.45) is 0. The molecule has 0 aliphatic carbocycles. The van der Waals surface area contributed by atoms with E-state index in [0.29, 0.717) is 16.1 Å². The molecule has 2 aromatic heterocycles. The summed E-state index contributed by atoms with van der Waals surface area (Å²) in [5.74, 6) is 1.72. The van der Waals surface area contributed by atoms with E-state index in [1.165, 1.54) is 23.5 Å². The average molecular weight is 417 g/mol. The Balaban J connectivity index is 1.89. The lowest BCUT2D eigenvalue weighted by Gasteiger charge is -2.10. The van der Waals surface area contributed by atoms with E-state index in [9.17, 15) is 4.79 Å². The molecule has 2 N–H and O–H groups in total. The molecule has 0 bridgehead atoms. The lowest BCUT2D eigenvalue weighted by atomic mass is 10.3. The highest BCUT2D eigenvalue weighted by atomic mass is 32.2. The van der Waals surface area contributed by atoms with Gasteiger partial charge in [-0.2, -0.15) is 0 Å². The maximum absolute atomic E-state index is 11.2. The minimum absolute atomic E-state index is 0.127. The number of primary amides is 1. The summed E-state index contributed by atoms with van der Waals surface area (Å²) in [5.41, 5.74) is 7.99. The minimum atomic E-state index is -0.408. The largest absolute Gasteiger partial charge is 0.497 e. The SMILES string of the molecule is COc1ccc(-n2c(CSc3nc(C)cc(C)n3)nnc2SCC(N)=O)cc1. The van der Waals surface area contributed by atoms with Crippen molar-refractivity contribution in [2.45, 2.75) is 29.9 Å². The van der Waals surface area contributed by atoms with E-state index in [-0.39, 0.29) is 5.75 Å². The van der Waals surface area contributed by atoms with Crippen LogP contribution in [0.25, 0.3) is 5.69 Å². The molecule has 0 fully saturated rings. The molecule has 0 aliphatic rings. The van der Waals surface area contributed by atoms with Crippen molar-refractivity contribution in [3.05, 3.63) is 47.5 Å². The number of aromatic nitrogens is 5. The van der Waals surface area contributed by atoms with Crippen LogP contribution in [-0.4, -0.2) is 43.5 Å². The second kappa shape index (κ2) is 9.07. The average Bonchev–Trinajstić information content (AvgIpc) is 3.07. The number of nitrogens with zero attached hydrogens (tertiary/aromatic N) is 5. The van der Waals surface area contributed by atoms with Gasteiger partial charge in [0.25, 0.3) is 0 Å². The predicted octanol–water partition coefficient (Wildman–Crippen LogP) is 2.55. The minimum Gasteiger partial charge on any atom is -0.497 e. The van der Waals surface area contributed by atoms with Crippen LogP contribution in [0.15, 0.2) is 40.6 Å². The first-order chi connectivity index (χ1) is 13.5. The van der Waals surface area contributed by atoms with Crippen molar-refractivity contribution in [2.24, 2.45) is 5.73 Å². The van der Waals surface area contributed by atoms with E-state index < -0.39 is 5.91 Å². The maximum Gasteiger partial charge on any atom is 0.227 e. The van der Waals surface area contributed by atoms with Gasteiger partial charge in [0.05, 0.1) is 18.6 Å². The van der Waals surface area contributed by atoms with Gasteiger partial charge in [0.15, 0.2) is 10.3 Å². The Hall–Kier alpha value is -2.59. The Morgan fingerprint density at radius 2 is 1.79 bits per heavy atom. The number of aryl methyl sites for hydroxylation is 2. The molecule has 0 spiro atoms. The number of amides is 1. The summed E-state index contributed by atoms with van der Waals surface area (Å²) < 4.78 is 7.13. The fraction of sp³-hybridized carbons (Fsp3) is 0.278. The van der Waals surface area contributed by atoms with Crippen LogP contribution in [0.2, 0.25) is 0 Å². The van der Waals surface area contributed by atoms with Crippen LogP contribution in [0.3, 0.4) is 0 Å². The first-order valence-corrected chi connectivity index (χ1v) is 10.4. The van der Waals surface area contributed by atoms with Gasteiger partial charge >= 0.3 is 0 Å². The van der Waals surface area contributed by atoms with E-state index in [1.54, 1.807) is 7.11 Å². The topological polar surface area (TPSA) is 109 Å². The number of hydrogen-bond donors (Lipinski definition) is 1. The number of hydrogen-bond acceptors (Lipinski definition) is 8. The molecule has 3 aromatic rings. The third-order valence-corrected chi connectivity index (χ3v) is 5.46. The first kappa shape index (κ1) is 20.2. The van der Waals surface area contributed by atoms with Crippen molar-refractivity contribution in [2.75, 3.05) is 12.9 Å². The monoisotopic (exact) mass is 416 g/mol. The standard InChI is InChI=1S/C18H20N6O2S2/c1-11-8-12(2)21-17(20-11)27-10-16-22-23-18(28-9-15(19)25)24(16)13-4-6-14(26-3)7-5-13/h4-8H,9-10H2,1-3H3,(H2,19,25). The van der Waals surface area contributed by atoms with Crippen LogP contribution in [-0.2, 0) is 10.5 Å². The number of benzene rings is 1. The van der Waals surface area contributed by atoms with Gasteiger partial charge in [-0.3, -0.25) is 9.36 Å². The molecular formula is C18H20N6O2S2. The molecule has 3 rings (SSSR count). The molecule has 2 heterocycles. The summed E-state index contributed by atoms with van der Waals surface area (Å²) in [6, 6.07) is 9.49. The van der Waals surface area contributed by atoms with Gasteiger partial charge in [-0.25, -0.2) is 9.97 Å². The Labute approximate surface area is 171 Å². The maximum atomic E-state index is 11.2.